The van der Waals surface area contributed by atoms with Crippen molar-refractivity contribution in [2.75, 3.05) is 25.6 Å². The molecule has 0 amide bonds. The summed E-state index contributed by atoms with van der Waals surface area (Å²) in [5.41, 5.74) is 2.11. The van der Waals surface area contributed by atoms with Crippen LogP contribution in [0.5, 0.6) is 0 Å². The molecule has 1 aromatic carbocycles. The lowest BCUT2D eigenvalue weighted by atomic mass is 10.1. The standard InChI is InChI=1S/C14H17ClN2O/c1-10-7-11-5-3-4-6-13(11)17-14(10)16-8-12(15)9-18-2/h3-7,12H,8-9H2,1-2H3,(H,16,17). The van der Waals surface area contributed by atoms with Crippen molar-refractivity contribution in [2.24, 2.45) is 0 Å². The molecule has 0 spiro atoms. The Balaban J connectivity index is 2.15. The molecule has 0 aliphatic carbocycles. The van der Waals surface area contributed by atoms with Crippen molar-refractivity contribution >= 4 is 28.3 Å². The summed E-state index contributed by atoms with van der Waals surface area (Å²) in [7, 11) is 1.65. The first kappa shape index (κ1) is 13.1. The maximum absolute atomic E-state index is 6.09. The maximum atomic E-state index is 6.09. The molecular formula is C14H17ClN2O. The van der Waals surface area contributed by atoms with E-state index in [4.69, 9.17) is 16.3 Å². The third kappa shape index (κ3) is 3.12. The third-order valence-corrected chi connectivity index (χ3v) is 3.03. The van der Waals surface area contributed by atoms with Crippen LogP contribution >= 0.6 is 11.6 Å². The van der Waals surface area contributed by atoms with Gasteiger partial charge in [0.1, 0.15) is 5.82 Å². The monoisotopic (exact) mass is 264 g/mol. The fraction of sp³-hybridized carbons (Fsp3) is 0.357. The SMILES string of the molecule is COCC(Cl)CNc1nc2ccccc2cc1C. The highest BCUT2D eigenvalue weighted by Crippen LogP contribution is 2.19. The van der Waals surface area contributed by atoms with Gasteiger partial charge in [0.2, 0.25) is 0 Å². The number of halogens is 1. The van der Waals surface area contributed by atoms with Crippen LogP contribution in [0, 0.1) is 6.92 Å². The molecule has 1 atom stereocenters. The van der Waals surface area contributed by atoms with E-state index in [1.54, 1.807) is 7.11 Å². The van der Waals surface area contributed by atoms with Crippen LogP contribution in [0.1, 0.15) is 5.56 Å². The van der Waals surface area contributed by atoms with Gasteiger partial charge < -0.3 is 10.1 Å². The van der Waals surface area contributed by atoms with E-state index in [1.807, 2.05) is 25.1 Å². The minimum atomic E-state index is -0.0531. The Bertz CT molecular complexity index is 530. The molecule has 0 aliphatic heterocycles. The summed E-state index contributed by atoms with van der Waals surface area (Å²) in [5.74, 6) is 0.885. The minimum absolute atomic E-state index is 0.0531. The van der Waals surface area contributed by atoms with Gasteiger partial charge >= 0.3 is 0 Å². The third-order valence-electron chi connectivity index (χ3n) is 2.75. The Morgan fingerprint density at radius 3 is 2.94 bits per heavy atom. The van der Waals surface area contributed by atoms with Crippen LogP contribution in [0.2, 0.25) is 0 Å². The van der Waals surface area contributed by atoms with Gasteiger partial charge in [0, 0.05) is 19.0 Å². The molecule has 0 fully saturated rings. The smallest absolute Gasteiger partial charge is 0.129 e. The number of nitrogens with one attached hydrogen (secondary N) is 1. The molecule has 4 heteroatoms. The molecule has 3 nitrogen and oxygen atoms in total. The topological polar surface area (TPSA) is 34.1 Å². The fourth-order valence-corrected chi connectivity index (χ4v) is 2.05. The van der Waals surface area contributed by atoms with Gasteiger partial charge in [-0.25, -0.2) is 4.98 Å². The zero-order chi connectivity index (χ0) is 13.0. The van der Waals surface area contributed by atoms with Crippen LogP contribution in [0.4, 0.5) is 5.82 Å². The number of aromatic nitrogens is 1. The number of hydrogen-bond acceptors (Lipinski definition) is 3. The molecule has 96 valence electrons. The number of para-hydroxylation sites is 1. The number of benzene rings is 1. The molecular weight excluding hydrogens is 248 g/mol. The predicted octanol–water partition coefficient (Wildman–Crippen LogP) is 3.21. The number of nitrogens with zero attached hydrogens (tertiary/aromatic N) is 1. The number of aryl methyl sites for hydroxylation is 1. The number of rotatable bonds is 5. The maximum Gasteiger partial charge on any atom is 0.129 e. The van der Waals surface area contributed by atoms with Crippen molar-refractivity contribution in [1.29, 1.82) is 0 Å². The highest BCUT2D eigenvalue weighted by atomic mass is 35.5. The van der Waals surface area contributed by atoms with Crippen molar-refractivity contribution in [3.8, 4) is 0 Å². The van der Waals surface area contributed by atoms with Crippen molar-refractivity contribution in [1.82, 2.24) is 4.98 Å². The van der Waals surface area contributed by atoms with Crippen molar-refractivity contribution in [2.45, 2.75) is 12.3 Å². The zero-order valence-corrected chi connectivity index (χ0v) is 11.4. The van der Waals surface area contributed by atoms with E-state index in [2.05, 4.69) is 22.4 Å². The van der Waals surface area contributed by atoms with Crippen LogP contribution in [0.3, 0.4) is 0 Å². The molecule has 0 bridgehead atoms. The summed E-state index contributed by atoms with van der Waals surface area (Å²) in [6, 6.07) is 10.2. The Hall–Kier alpha value is -1.32. The first-order valence-electron chi connectivity index (χ1n) is 5.94. The van der Waals surface area contributed by atoms with Crippen molar-refractivity contribution < 1.29 is 4.74 Å². The predicted molar refractivity (Wildman–Crippen MR) is 76.5 cm³/mol. The normalized spacial score (nSPS) is 12.6. The first-order chi connectivity index (χ1) is 8.70. The average molecular weight is 265 g/mol. The summed E-state index contributed by atoms with van der Waals surface area (Å²) in [6.07, 6.45) is 0. The number of alkyl halides is 1. The van der Waals surface area contributed by atoms with Crippen LogP contribution < -0.4 is 5.32 Å². The summed E-state index contributed by atoms with van der Waals surface area (Å²) in [4.78, 5) is 4.60. The van der Waals surface area contributed by atoms with Gasteiger partial charge in [0.25, 0.3) is 0 Å². The molecule has 18 heavy (non-hydrogen) atoms. The van der Waals surface area contributed by atoms with E-state index in [-0.39, 0.29) is 5.38 Å². The van der Waals surface area contributed by atoms with Crippen LogP contribution in [-0.4, -0.2) is 30.6 Å². The van der Waals surface area contributed by atoms with Gasteiger partial charge in [0.05, 0.1) is 17.5 Å². The second-order valence-electron chi connectivity index (χ2n) is 4.28. The summed E-state index contributed by atoms with van der Waals surface area (Å²) < 4.78 is 5.00. The highest BCUT2D eigenvalue weighted by Gasteiger charge is 2.06. The quantitative estimate of drug-likeness (QED) is 0.842. The lowest BCUT2D eigenvalue weighted by molar-refractivity contribution is 0.200. The van der Waals surface area contributed by atoms with E-state index in [0.717, 1.165) is 22.3 Å². The zero-order valence-electron chi connectivity index (χ0n) is 10.6. The summed E-state index contributed by atoms with van der Waals surface area (Å²) in [6.45, 7) is 3.21. The molecule has 0 aliphatic rings. The average Bonchev–Trinajstić information content (AvgIpc) is 2.36. The van der Waals surface area contributed by atoms with E-state index < -0.39 is 0 Å². The molecule has 1 heterocycles. The van der Waals surface area contributed by atoms with Crippen molar-refractivity contribution in [3.05, 3.63) is 35.9 Å². The molecule has 1 unspecified atom stereocenters. The number of anilines is 1. The van der Waals surface area contributed by atoms with E-state index in [1.165, 1.54) is 0 Å². The van der Waals surface area contributed by atoms with Crippen LogP contribution in [0.25, 0.3) is 10.9 Å². The molecule has 1 N–H and O–H groups in total. The fourth-order valence-electron chi connectivity index (χ4n) is 1.85. The second kappa shape index (κ2) is 6.03. The summed E-state index contributed by atoms with van der Waals surface area (Å²) >= 11 is 6.09. The Morgan fingerprint density at radius 1 is 1.39 bits per heavy atom. The number of fused-ring (bicyclic) bond motifs is 1. The van der Waals surface area contributed by atoms with E-state index in [0.29, 0.717) is 13.2 Å². The van der Waals surface area contributed by atoms with Gasteiger partial charge in [-0.15, -0.1) is 11.6 Å². The highest BCUT2D eigenvalue weighted by molar-refractivity contribution is 6.21. The number of hydrogen-bond donors (Lipinski definition) is 1. The molecule has 0 radical (unpaired) electrons. The summed E-state index contributed by atoms with van der Waals surface area (Å²) in [5, 5.41) is 4.37. The van der Waals surface area contributed by atoms with Gasteiger partial charge in [-0.05, 0) is 24.6 Å². The largest absolute Gasteiger partial charge is 0.383 e. The van der Waals surface area contributed by atoms with Crippen LogP contribution in [-0.2, 0) is 4.74 Å². The lowest BCUT2D eigenvalue weighted by Crippen LogP contribution is -2.20. The van der Waals surface area contributed by atoms with E-state index in [9.17, 15) is 0 Å². The Morgan fingerprint density at radius 2 is 2.17 bits per heavy atom. The van der Waals surface area contributed by atoms with Crippen LogP contribution in [0.15, 0.2) is 30.3 Å². The number of ether oxygens (including phenoxy) is 1. The molecule has 2 rings (SSSR count). The minimum Gasteiger partial charge on any atom is -0.383 e. The molecule has 2 aromatic rings. The van der Waals surface area contributed by atoms with Gasteiger partial charge in [-0.2, -0.15) is 0 Å². The van der Waals surface area contributed by atoms with Gasteiger partial charge in [0.15, 0.2) is 0 Å². The van der Waals surface area contributed by atoms with Gasteiger partial charge in [-0.3, -0.25) is 0 Å². The first-order valence-corrected chi connectivity index (χ1v) is 6.37. The molecule has 0 saturated carbocycles. The van der Waals surface area contributed by atoms with Gasteiger partial charge in [-0.1, -0.05) is 18.2 Å². The lowest BCUT2D eigenvalue weighted by Gasteiger charge is -2.13. The second-order valence-corrected chi connectivity index (χ2v) is 4.90. The van der Waals surface area contributed by atoms with Crippen molar-refractivity contribution in [3.63, 3.8) is 0 Å². The Labute approximate surface area is 112 Å². The van der Waals surface area contributed by atoms with E-state index >= 15 is 0 Å². The molecule has 0 saturated heterocycles. The number of pyridine rings is 1. The Kier molecular flexibility index (Phi) is 4.39. The molecule has 1 aromatic heterocycles. The number of methoxy groups -OCH3 is 1.